The molecule has 0 saturated heterocycles. The maximum absolute atomic E-state index is 9.59. The van der Waals surface area contributed by atoms with E-state index in [1.807, 2.05) is 42.5 Å². The lowest BCUT2D eigenvalue weighted by Gasteiger charge is -2.30. The number of aliphatic hydroxyl groups excluding tert-OH is 3. The zero-order chi connectivity index (χ0) is 21.9. The lowest BCUT2D eigenvalue weighted by atomic mass is 10.2. The van der Waals surface area contributed by atoms with Crippen molar-refractivity contribution in [3.05, 3.63) is 38.3 Å². The number of nitrogens with zero attached hydrogens (tertiary/aromatic N) is 3. The van der Waals surface area contributed by atoms with E-state index in [1.165, 1.54) is 0 Å². The van der Waals surface area contributed by atoms with Crippen LogP contribution in [0.4, 0.5) is 0 Å². The number of hydrogen-bond acceptors (Lipinski definition) is 7. The second kappa shape index (κ2) is 18.8. The van der Waals surface area contributed by atoms with Crippen LogP contribution < -0.4 is 5.32 Å². The molecule has 3 atom stereocenters. The van der Waals surface area contributed by atoms with Gasteiger partial charge in [-0.15, -0.1) is 0 Å². The Morgan fingerprint density at radius 2 is 1.04 bits per heavy atom. The Labute approximate surface area is 172 Å². The van der Waals surface area contributed by atoms with Gasteiger partial charge in [-0.25, -0.2) is 0 Å². The highest BCUT2D eigenvalue weighted by Gasteiger charge is 2.11. The van der Waals surface area contributed by atoms with Crippen molar-refractivity contribution in [1.29, 1.82) is 0 Å². The summed E-state index contributed by atoms with van der Waals surface area (Å²) in [5, 5.41) is 31.4. The highest BCUT2D eigenvalue weighted by atomic mass is 16.3. The summed E-state index contributed by atoms with van der Waals surface area (Å²) in [5.74, 6) is 0. The summed E-state index contributed by atoms with van der Waals surface area (Å²) in [6.45, 7) is 20.0. The maximum atomic E-state index is 9.59. The molecule has 0 aliphatic rings. The van der Waals surface area contributed by atoms with Gasteiger partial charge in [-0.3, -0.25) is 0 Å². The molecule has 7 nitrogen and oxygen atoms in total. The summed E-state index contributed by atoms with van der Waals surface area (Å²) in [6, 6.07) is 0. The zero-order valence-corrected chi connectivity index (χ0v) is 18.4. The molecule has 0 saturated carbocycles. The van der Waals surface area contributed by atoms with E-state index in [4.69, 9.17) is 0 Å². The minimum atomic E-state index is -0.351. The van der Waals surface area contributed by atoms with Crippen molar-refractivity contribution in [1.82, 2.24) is 20.0 Å². The average Bonchev–Trinajstić information content (AvgIpc) is 2.71. The average molecular weight is 401 g/mol. The predicted molar refractivity (Wildman–Crippen MR) is 118 cm³/mol. The fraction of sp³-hybridized carbons (Fsp3) is 0.714. The molecule has 0 aromatic heterocycles. The fourth-order valence-corrected chi connectivity index (χ4v) is 2.22. The molecule has 0 aromatic rings. The van der Waals surface area contributed by atoms with Crippen molar-refractivity contribution < 1.29 is 15.3 Å². The van der Waals surface area contributed by atoms with Gasteiger partial charge in [0.05, 0.1) is 31.6 Å². The van der Waals surface area contributed by atoms with Gasteiger partial charge in [0.25, 0.3) is 0 Å². The Morgan fingerprint density at radius 3 is 1.29 bits per heavy atom. The molecule has 0 spiro atoms. The quantitative estimate of drug-likeness (QED) is 0.294. The molecular formula is C21H44N4O3. The predicted octanol–water partition coefficient (Wildman–Crippen LogP) is 1.76. The van der Waals surface area contributed by atoms with Crippen LogP contribution in [0.5, 0.6) is 0 Å². The van der Waals surface area contributed by atoms with Gasteiger partial charge in [0.15, 0.2) is 0 Å². The lowest BCUT2D eigenvalue weighted by molar-refractivity contribution is 0.0837. The Balaban J connectivity index is 0. The molecule has 3 unspecified atom stereocenters. The Bertz CT molecular complexity index is 374. The molecule has 7 heteroatoms. The summed E-state index contributed by atoms with van der Waals surface area (Å²) < 4.78 is 0. The minimum absolute atomic E-state index is 0.249. The normalized spacial score (nSPS) is 13.4. The van der Waals surface area contributed by atoms with E-state index in [1.54, 1.807) is 18.6 Å². The standard InChI is InChI=1S/C13H26N2O2.C8H18N2O/c1-5-12(16)9-14(7-3)11-15(8-4)10-13(17)6-2;1-4-8(11)6-10(5-2)7-9-3/h7-8,12-13,16-17H,3-6,9-11H2,1-2H3;5,8-9,11H,2,4,6-7H2,1,3H3. The molecule has 0 aliphatic carbocycles. The van der Waals surface area contributed by atoms with Gasteiger partial charge >= 0.3 is 0 Å². The van der Waals surface area contributed by atoms with Crippen LogP contribution >= 0.6 is 0 Å². The van der Waals surface area contributed by atoms with Crippen LogP contribution in [-0.4, -0.2) is 88.4 Å². The van der Waals surface area contributed by atoms with Crippen molar-refractivity contribution >= 4 is 0 Å². The van der Waals surface area contributed by atoms with Gasteiger partial charge < -0.3 is 35.3 Å². The molecule has 0 heterocycles. The molecule has 0 aliphatic heterocycles. The van der Waals surface area contributed by atoms with Crippen LogP contribution in [0.15, 0.2) is 38.3 Å². The van der Waals surface area contributed by atoms with Crippen molar-refractivity contribution in [2.75, 3.05) is 40.0 Å². The largest absolute Gasteiger partial charge is 0.391 e. The third kappa shape index (κ3) is 15.5. The van der Waals surface area contributed by atoms with Crippen LogP contribution in [0, 0.1) is 0 Å². The third-order valence-corrected chi connectivity index (χ3v) is 4.25. The molecule has 0 aromatic carbocycles. The molecule has 0 bridgehead atoms. The van der Waals surface area contributed by atoms with Gasteiger partial charge in [0.2, 0.25) is 0 Å². The topological polar surface area (TPSA) is 82.4 Å². The SMILES string of the molecule is C=CN(CC(O)CC)CN(C=C)CC(O)CC.C=CN(CNC)CC(O)CC. The summed E-state index contributed by atoms with van der Waals surface area (Å²) >= 11 is 0. The van der Waals surface area contributed by atoms with E-state index in [0.717, 1.165) is 25.9 Å². The Morgan fingerprint density at radius 1 is 0.714 bits per heavy atom. The summed E-state index contributed by atoms with van der Waals surface area (Å²) in [7, 11) is 1.87. The van der Waals surface area contributed by atoms with Crippen molar-refractivity contribution in [3.8, 4) is 0 Å². The van der Waals surface area contributed by atoms with E-state index in [0.29, 0.717) is 26.3 Å². The number of nitrogens with one attached hydrogen (secondary N) is 1. The highest BCUT2D eigenvalue weighted by molar-refractivity contribution is 4.79. The fourth-order valence-electron chi connectivity index (χ4n) is 2.22. The smallest absolute Gasteiger partial charge is 0.0894 e. The van der Waals surface area contributed by atoms with Crippen LogP contribution in [0.1, 0.15) is 40.0 Å². The van der Waals surface area contributed by atoms with Gasteiger partial charge in [-0.2, -0.15) is 0 Å². The zero-order valence-electron chi connectivity index (χ0n) is 18.4. The minimum Gasteiger partial charge on any atom is -0.391 e. The molecule has 0 radical (unpaired) electrons. The van der Waals surface area contributed by atoms with Crippen LogP contribution in [0.25, 0.3) is 0 Å². The van der Waals surface area contributed by atoms with Crippen molar-refractivity contribution in [3.63, 3.8) is 0 Å². The van der Waals surface area contributed by atoms with Crippen LogP contribution in [0.3, 0.4) is 0 Å². The molecule has 0 rings (SSSR count). The van der Waals surface area contributed by atoms with Gasteiger partial charge in [0.1, 0.15) is 0 Å². The second-order valence-corrected chi connectivity index (χ2v) is 6.70. The van der Waals surface area contributed by atoms with E-state index in [2.05, 4.69) is 25.1 Å². The van der Waals surface area contributed by atoms with Crippen molar-refractivity contribution in [2.24, 2.45) is 0 Å². The van der Waals surface area contributed by atoms with Gasteiger partial charge in [-0.1, -0.05) is 40.5 Å². The first kappa shape index (κ1) is 28.7. The first-order valence-electron chi connectivity index (χ1n) is 10.1. The van der Waals surface area contributed by atoms with Gasteiger partial charge in [0, 0.05) is 19.6 Å². The molecule has 28 heavy (non-hydrogen) atoms. The Kier molecular flexibility index (Phi) is 19.3. The van der Waals surface area contributed by atoms with Crippen LogP contribution in [-0.2, 0) is 0 Å². The van der Waals surface area contributed by atoms with E-state index < -0.39 is 0 Å². The molecule has 0 amide bonds. The first-order chi connectivity index (χ1) is 13.3. The molecule has 0 fully saturated rings. The van der Waals surface area contributed by atoms with E-state index >= 15 is 0 Å². The number of aliphatic hydroxyl groups is 3. The summed E-state index contributed by atoms with van der Waals surface area (Å²) in [5.41, 5.74) is 0. The monoisotopic (exact) mass is 400 g/mol. The molecule has 4 N–H and O–H groups in total. The van der Waals surface area contributed by atoms with Gasteiger partial charge in [-0.05, 0) is 44.9 Å². The number of rotatable bonds is 16. The summed E-state index contributed by atoms with van der Waals surface area (Å²) in [6.07, 6.45) is 6.41. The maximum Gasteiger partial charge on any atom is 0.0894 e. The van der Waals surface area contributed by atoms with E-state index in [9.17, 15) is 15.3 Å². The number of hydrogen-bond donors (Lipinski definition) is 4. The molecule has 166 valence electrons. The van der Waals surface area contributed by atoms with Crippen LogP contribution in [0.2, 0.25) is 0 Å². The first-order valence-corrected chi connectivity index (χ1v) is 10.1. The third-order valence-electron chi connectivity index (χ3n) is 4.25. The van der Waals surface area contributed by atoms with E-state index in [-0.39, 0.29) is 18.3 Å². The Hall–Kier alpha value is -1.54. The summed E-state index contributed by atoms with van der Waals surface area (Å²) in [4.78, 5) is 5.77. The highest BCUT2D eigenvalue weighted by Crippen LogP contribution is 2.03. The lowest BCUT2D eigenvalue weighted by Crippen LogP contribution is -2.39. The second-order valence-electron chi connectivity index (χ2n) is 6.70. The molecular weight excluding hydrogens is 356 g/mol. The van der Waals surface area contributed by atoms with Crippen molar-refractivity contribution in [2.45, 2.75) is 58.3 Å².